The monoisotopic (exact) mass is 596 g/mol. The Morgan fingerprint density at radius 3 is 2.43 bits per heavy atom. The van der Waals surface area contributed by atoms with Crippen molar-refractivity contribution in [3.63, 3.8) is 0 Å². The molecule has 4 nitrogen and oxygen atoms in total. The molecule has 4 aromatic rings. The number of ketones is 1. The largest absolute Gasteiger partial charge is 0.506 e. The van der Waals surface area contributed by atoms with Crippen molar-refractivity contribution < 1.29 is 19.1 Å². The first-order chi connectivity index (χ1) is 16.9. The summed E-state index contributed by atoms with van der Waals surface area (Å²) in [5.41, 5.74) is 2.73. The van der Waals surface area contributed by atoms with Crippen LogP contribution in [0.4, 0.5) is 0 Å². The Morgan fingerprint density at radius 1 is 1.03 bits per heavy atom. The van der Waals surface area contributed by atoms with E-state index >= 15 is 0 Å². The lowest BCUT2D eigenvalue weighted by molar-refractivity contribution is 0.103. The minimum absolute atomic E-state index is 0.0549. The molecule has 0 amide bonds. The van der Waals surface area contributed by atoms with Crippen LogP contribution < -0.4 is 4.74 Å². The van der Waals surface area contributed by atoms with Gasteiger partial charge in [0.1, 0.15) is 28.6 Å². The third-order valence-corrected chi connectivity index (χ3v) is 6.96. The van der Waals surface area contributed by atoms with Gasteiger partial charge in [-0.3, -0.25) is 4.79 Å². The highest BCUT2D eigenvalue weighted by Gasteiger charge is 2.24. The van der Waals surface area contributed by atoms with Crippen LogP contribution in [0, 0.1) is 0 Å². The second-order valence-corrected chi connectivity index (χ2v) is 10.1. The van der Waals surface area contributed by atoms with Gasteiger partial charge in [0.15, 0.2) is 5.78 Å². The van der Waals surface area contributed by atoms with E-state index in [0.29, 0.717) is 55.8 Å². The highest BCUT2D eigenvalue weighted by molar-refractivity contribution is 9.11. The maximum atomic E-state index is 13.6. The van der Waals surface area contributed by atoms with Gasteiger partial charge in [0, 0.05) is 29.9 Å². The number of benzene rings is 3. The molecule has 6 heteroatoms. The molecule has 0 aliphatic carbocycles. The average molecular weight is 598 g/mol. The van der Waals surface area contributed by atoms with Gasteiger partial charge in [0.2, 0.25) is 0 Å². The van der Waals surface area contributed by atoms with E-state index in [0.717, 1.165) is 30.2 Å². The number of unbranched alkanes of at least 4 members (excludes halogenated alkanes) is 2. The van der Waals surface area contributed by atoms with Crippen molar-refractivity contribution in [2.75, 3.05) is 0 Å². The average Bonchev–Trinajstić information content (AvgIpc) is 3.19. The van der Waals surface area contributed by atoms with Crippen LogP contribution in [0.3, 0.4) is 0 Å². The molecule has 3 aromatic carbocycles. The molecule has 0 aliphatic heterocycles. The van der Waals surface area contributed by atoms with E-state index in [1.807, 2.05) is 48.5 Å². The molecule has 35 heavy (non-hydrogen) atoms. The van der Waals surface area contributed by atoms with Crippen LogP contribution >= 0.6 is 31.9 Å². The van der Waals surface area contributed by atoms with E-state index in [4.69, 9.17) is 9.15 Å². The summed E-state index contributed by atoms with van der Waals surface area (Å²) in [7, 11) is 0. The molecule has 0 radical (unpaired) electrons. The SMILES string of the molecule is C=C(Cc1ccccc1)Oc1ccc2c(C(=O)c3cc(Br)c(O)c(Br)c3)c(CCCCC)oc2c1. The summed E-state index contributed by atoms with van der Waals surface area (Å²) < 4.78 is 13.1. The lowest BCUT2D eigenvalue weighted by Gasteiger charge is -2.09. The van der Waals surface area contributed by atoms with E-state index in [1.54, 1.807) is 12.1 Å². The number of allylic oxidation sites excluding steroid dienone is 1. The number of hydrogen-bond acceptors (Lipinski definition) is 4. The molecule has 1 aromatic heterocycles. The van der Waals surface area contributed by atoms with E-state index in [9.17, 15) is 9.90 Å². The Labute approximate surface area is 221 Å². The van der Waals surface area contributed by atoms with Crippen LogP contribution in [0.5, 0.6) is 11.5 Å². The van der Waals surface area contributed by atoms with Crippen LogP contribution in [0.15, 0.2) is 86.4 Å². The zero-order valence-corrected chi connectivity index (χ0v) is 22.6. The summed E-state index contributed by atoms with van der Waals surface area (Å²) in [5.74, 6) is 1.80. The second-order valence-electron chi connectivity index (χ2n) is 8.44. The number of carbonyl (C=O) groups is 1. The smallest absolute Gasteiger partial charge is 0.197 e. The molecule has 0 saturated carbocycles. The van der Waals surface area contributed by atoms with Gasteiger partial charge in [-0.25, -0.2) is 0 Å². The van der Waals surface area contributed by atoms with Crippen molar-refractivity contribution in [3.8, 4) is 11.5 Å². The summed E-state index contributed by atoms with van der Waals surface area (Å²) in [5, 5.41) is 10.8. The lowest BCUT2D eigenvalue weighted by atomic mass is 9.98. The Kier molecular flexibility index (Phi) is 8.14. The van der Waals surface area contributed by atoms with Gasteiger partial charge in [-0.2, -0.15) is 0 Å². The fraction of sp³-hybridized carbons (Fsp3) is 0.207. The predicted molar refractivity (Wildman–Crippen MR) is 146 cm³/mol. The molecule has 0 spiro atoms. The molecule has 0 atom stereocenters. The number of phenolic OH excluding ortho intramolecular Hbond substituents is 1. The number of aromatic hydroxyl groups is 1. The molecule has 4 rings (SSSR count). The minimum Gasteiger partial charge on any atom is -0.506 e. The van der Waals surface area contributed by atoms with Crippen molar-refractivity contribution in [2.45, 2.75) is 39.0 Å². The molecule has 0 saturated heterocycles. The van der Waals surface area contributed by atoms with Gasteiger partial charge in [0.25, 0.3) is 0 Å². The summed E-state index contributed by atoms with van der Waals surface area (Å²) in [6.07, 6.45) is 4.32. The van der Waals surface area contributed by atoms with Gasteiger partial charge in [-0.05, 0) is 68.1 Å². The number of rotatable bonds is 10. The number of ether oxygens (including phenoxy) is 1. The summed E-state index contributed by atoms with van der Waals surface area (Å²) >= 11 is 6.65. The van der Waals surface area contributed by atoms with Crippen molar-refractivity contribution in [1.82, 2.24) is 0 Å². The van der Waals surface area contributed by atoms with Crippen molar-refractivity contribution in [3.05, 3.63) is 104 Å². The molecule has 0 fully saturated rings. The standard InChI is InChI=1S/C29H26Br2O4/c1-3-4-6-11-25-27(28(32)20-15-23(30)29(33)24(31)16-20)22-13-12-21(17-26(22)35-25)34-18(2)14-19-9-7-5-8-10-19/h5,7-10,12-13,15-17,33H,2-4,6,11,14H2,1H3. The first-order valence-electron chi connectivity index (χ1n) is 11.5. The Hall–Kier alpha value is -2.83. The van der Waals surface area contributed by atoms with Crippen molar-refractivity contribution in [1.29, 1.82) is 0 Å². The van der Waals surface area contributed by atoms with Crippen molar-refractivity contribution in [2.24, 2.45) is 0 Å². The normalized spacial score (nSPS) is 11.1. The lowest BCUT2D eigenvalue weighted by Crippen LogP contribution is -2.04. The summed E-state index contributed by atoms with van der Waals surface area (Å²) in [6, 6.07) is 18.8. The number of furan rings is 1. The first-order valence-corrected chi connectivity index (χ1v) is 13.1. The maximum Gasteiger partial charge on any atom is 0.197 e. The molecule has 1 N–H and O–H groups in total. The third kappa shape index (κ3) is 5.88. The summed E-state index contributed by atoms with van der Waals surface area (Å²) in [6.45, 7) is 6.19. The van der Waals surface area contributed by atoms with Crippen LogP contribution in [0.25, 0.3) is 11.0 Å². The topological polar surface area (TPSA) is 59.7 Å². The Balaban J connectivity index is 1.67. The molecule has 0 bridgehead atoms. The first kappa shape index (κ1) is 25.3. The van der Waals surface area contributed by atoms with Crippen LogP contribution in [-0.4, -0.2) is 10.9 Å². The van der Waals surface area contributed by atoms with Gasteiger partial charge < -0.3 is 14.3 Å². The zero-order valence-electron chi connectivity index (χ0n) is 19.4. The van der Waals surface area contributed by atoms with Crippen LogP contribution in [0.2, 0.25) is 0 Å². The maximum absolute atomic E-state index is 13.6. The molecular weight excluding hydrogens is 572 g/mol. The van der Waals surface area contributed by atoms with E-state index in [1.165, 1.54) is 0 Å². The predicted octanol–water partition coefficient (Wildman–Crippen LogP) is 8.76. The van der Waals surface area contributed by atoms with Gasteiger partial charge in [0.05, 0.1) is 14.5 Å². The number of fused-ring (bicyclic) bond motifs is 1. The number of hydrogen-bond donors (Lipinski definition) is 1. The van der Waals surface area contributed by atoms with E-state index in [-0.39, 0.29) is 11.5 Å². The molecule has 1 heterocycles. The fourth-order valence-corrected chi connectivity index (χ4v) is 5.21. The van der Waals surface area contributed by atoms with Crippen LogP contribution in [0.1, 0.15) is 53.4 Å². The third-order valence-electron chi connectivity index (χ3n) is 5.75. The Morgan fingerprint density at radius 2 is 1.74 bits per heavy atom. The minimum atomic E-state index is -0.154. The summed E-state index contributed by atoms with van der Waals surface area (Å²) in [4.78, 5) is 13.6. The van der Waals surface area contributed by atoms with Gasteiger partial charge in [-0.1, -0.05) is 56.7 Å². The van der Waals surface area contributed by atoms with Crippen molar-refractivity contribution >= 4 is 48.6 Å². The van der Waals surface area contributed by atoms with E-state index in [2.05, 4.69) is 45.4 Å². The van der Waals surface area contributed by atoms with Gasteiger partial charge >= 0.3 is 0 Å². The molecule has 0 unspecified atom stereocenters. The van der Waals surface area contributed by atoms with Gasteiger partial charge in [-0.15, -0.1) is 0 Å². The highest BCUT2D eigenvalue weighted by atomic mass is 79.9. The fourth-order valence-electron chi connectivity index (χ4n) is 4.02. The number of halogens is 2. The molecule has 0 aliphatic rings. The number of aryl methyl sites for hydroxylation is 1. The zero-order chi connectivity index (χ0) is 24.9. The molecule has 180 valence electrons. The Bertz CT molecular complexity index is 1350. The number of phenols is 1. The highest BCUT2D eigenvalue weighted by Crippen LogP contribution is 2.37. The number of carbonyl (C=O) groups excluding carboxylic acids is 1. The molecular formula is C29H26Br2O4. The quantitative estimate of drug-likeness (QED) is 0.113. The van der Waals surface area contributed by atoms with Crippen LogP contribution in [-0.2, 0) is 12.8 Å². The second kappa shape index (κ2) is 11.3. The van der Waals surface area contributed by atoms with E-state index < -0.39 is 0 Å².